The molecule has 0 aliphatic rings. The molecule has 0 bridgehead atoms. The molecule has 2 aromatic rings. The third-order valence-electron chi connectivity index (χ3n) is 2.25. The van der Waals surface area contributed by atoms with Gasteiger partial charge in [0.05, 0.1) is 24.1 Å². The number of anilines is 1. The van der Waals surface area contributed by atoms with Crippen LogP contribution in [0.2, 0.25) is 0 Å². The van der Waals surface area contributed by atoms with Gasteiger partial charge in [0.25, 0.3) is 0 Å². The Labute approximate surface area is 108 Å². The molecule has 94 valence electrons. The summed E-state index contributed by atoms with van der Waals surface area (Å²) < 4.78 is 0. The molecule has 6 nitrogen and oxygen atoms in total. The molecule has 2 aromatic heterocycles. The van der Waals surface area contributed by atoms with E-state index in [-0.39, 0.29) is 5.69 Å². The predicted octanol–water partition coefficient (Wildman–Crippen LogP) is 1.86. The van der Waals surface area contributed by atoms with E-state index in [1.807, 2.05) is 6.92 Å². The molecule has 0 atom stereocenters. The first kappa shape index (κ1) is 12.4. The van der Waals surface area contributed by atoms with Gasteiger partial charge in [0.2, 0.25) is 0 Å². The molecule has 0 saturated heterocycles. The van der Waals surface area contributed by atoms with Gasteiger partial charge in [0, 0.05) is 11.1 Å². The Hall–Kier alpha value is -2.02. The second-order valence-electron chi connectivity index (χ2n) is 3.73. The van der Waals surface area contributed by atoms with Gasteiger partial charge in [0.15, 0.2) is 10.8 Å². The van der Waals surface area contributed by atoms with Gasteiger partial charge in [-0.15, -0.1) is 11.3 Å². The van der Waals surface area contributed by atoms with Crippen LogP contribution in [0.5, 0.6) is 0 Å². The number of nitrogens with one attached hydrogen (secondary N) is 1. The fourth-order valence-corrected chi connectivity index (χ4v) is 2.15. The van der Waals surface area contributed by atoms with Crippen molar-refractivity contribution < 1.29 is 9.90 Å². The summed E-state index contributed by atoms with van der Waals surface area (Å²) >= 11 is 1.31. The monoisotopic (exact) mass is 264 g/mol. The van der Waals surface area contributed by atoms with Crippen LogP contribution in [0.1, 0.15) is 26.8 Å². The molecule has 0 spiro atoms. The molecule has 0 aliphatic carbocycles. The van der Waals surface area contributed by atoms with Crippen LogP contribution in [0.15, 0.2) is 12.4 Å². The summed E-state index contributed by atoms with van der Waals surface area (Å²) in [4.78, 5) is 23.8. The van der Waals surface area contributed by atoms with E-state index < -0.39 is 5.97 Å². The summed E-state index contributed by atoms with van der Waals surface area (Å²) in [6, 6.07) is 0. The molecule has 0 aliphatic heterocycles. The van der Waals surface area contributed by atoms with Crippen molar-refractivity contribution in [3.8, 4) is 0 Å². The van der Waals surface area contributed by atoms with Gasteiger partial charge in [-0.3, -0.25) is 9.97 Å². The molecule has 0 fully saturated rings. The quantitative estimate of drug-likeness (QED) is 0.876. The molecule has 7 heteroatoms. The van der Waals surface area contributed by atoms with Crippen LogP contribution in [-0.2, 0) is 6.54 Å². The maximum absolute atomic E-state index is 10.8. The number of aryl methyl sites for hydroxylation is 2. The summed E-state index contributed by atoms with van der Waals surface area (Å²) in [5.74, 6) is -1.01. The van der Waals surface area contributed by atoms with Crippen LogP contribution in [0.3, 0.4) is 0 Å². The number of carboxylic acid groups (broad SMARTS) is 1. The molecule has 0 amide bonds. The molecule has 18 heavy (non-hydrogen) atoms. The number of hydrogen-bond donors (Lipinski definition) is 2. The number of aromatic nitrogens is 3. The van der Waals surface area contributed by atoms with Crippen LogP contribution < -0.4 is 5.32 Å². The summed E-state index contributed by atoms with van der Waals surface area (Å²) in [7, 11) is 0. The van der Waals surface area contributed by atoms with E-state index in [9.17, 15) is 4.79 Å². The van der Waals surface area contributed by atoms with Gasteiger partial charge in [-0.1, -0.05) is 0 Å². The van der Waals surface area contributed by atoms with Crippen LogP contribution >= 0.6 is 11.3 Å². The van der Waals surface area contributed by atoms with E-state index in [1.165, 1.54) is 11.3 Å². The van der Waals surface area contributed by atoms with Gasteiger partial charge in [0.1, 0.15) is 0 Å². The number of hydrogen-bond acceptors (Lipinski definition) is 6. The van der Waals surface area contributed by atoms with Crippen LogP contribution in [0, 0.1) is 13.8 Å². The zero-order valence-electron chi connectivity index (χ0n) is 9.97. The van der Waals surface area contributed by atoms with E-state index in [0.29, 0.717) is 16.6 Å². The minimum absolute atomic E-state index is 0.0949. The molecule has 0 unspecified atom stereocenters. The number of thiazole rings is 1. The van der Waals surface area contributed by atoms with E-state index in [2.05, 4.69) is 20.3 Å². The Balaban J connectivity index is 2.04. The first-order valence-corrected chi connectivity index (χ1v) is 6.10. The van der Waals surface area contributed by atoms with Gasteiger partial charge in [-0.25, -0.2) is 9.78 Å². The minimum atomic E-state index is -1.01. The van der Waals surface area contributed by atoms with E-state index in [0.717, 1.165) is 11.4 Å². The Morgan fingerprint density at radius 2 is 2.17 bits per heavy atom. The van der Waals surface area contributed by atoms with Crippen molar-refractivity contribution in [3.05, 3.63) is 34.4 Å². The van der Waals surface area contributed by atoms with Crippen molar-refractivity contribution in [3.63, 3.8) is 0 Å². The molecule has 0 radical (unpaired) electrons. The van der Waals surface area contributed by atoms with Crippen molar-refractivity contribution >= 4 is 22.4 Å². The second-order valence-corrected chi connectivity index (χ2v) is 4.93. The van der Waals surface area contributed by atoms with Crippen molar-refractivity contribution in [1.29, 1.82) is 0 Å². The largest absolute Gasteiger partial charge is 0.476 e. The minimum Gasteiger partial charge on any atom is -0.476 e. The molecule has 2 rings (SSSR count). The number of aromatic carboxylic acids is 1. The highest BCUT2D eigenvalue weighted by Gasteiger charge is 2.13. The number of nitrogens with zero attached hydrogens (tertiary/aromatic N) is 3. The van der Waals surface area contributed by atoms with Crippen molar-refractivity contribution in [2.45, 2.75) is 20.4 Å². The van der Waals surface area contributed by atoms with Crippen molar-refractivity contribution in [1.82, 2.24) is 15.0 Å². The Morgan fingerprint density at radius 3 is 2.72 bits per heavy atom. The summed E-state index contributed by atoms with van der Waals surface area (Å²) in [6.45, 7) is 4.07. The van der Waals surface area contributed by atoms with E-state index >= 15 is 0 Å². The maximum atomic E-state index is 10.8. The standard InChI is InChI=1S/C11H12N4O2S/c1-6-3-13-8(4-12-6)5-14-11-15-9(10(16)17)7(2)18-11/h3-4H,5H2,1-2H3,(H,14,15)(H,16,17). The SMILES string of the molecule is Cc1cnc(CNc2nc(C(=O)O)c(C)s2)cn1. The first-order valence-electron chi connectivity index (χ1n) is 5.28. The highest BCUT2D eigenvalue weighted by Crippen LogP contribution is 2.22. The number of rotatable bonds is 4. The zero-order chi connectivity index (χ0) is 13.1. The number of carboxylic acids is 1. The Kier molecular flexibility index (Phi) is 3.52. The van der Waals surface area contributed by atoms with E-state index in [4.69, 9.17) is 5.11 Å². The van der Waals surface area contributed by atoms with Gasteiger partial charge in [-0.2, -0.15) is 0 Å². The summed E-state index contributed by atoms with van der Waals surface area (Å²) in [6.07, 6.45) is 3.37. The van der Waals surface area contributed by atoms with Crippen LogP contribution in [-0.4, -0.2) is 26.0 Å². The predicted molar refractivity (Wildman–Crippen MR) is 67.9 cm³/mol. The Morgan fingerprint density at radius 1 is 1.39 bits per heavy atom. The van der Waals surface area contributed by atoms with Crippen molar-refractivity contribution in [2.24, 2.45) is 0 Å². The molecular formula is C11H12N4O2S. The van der Waals surface area contributed by atoms with Crippen molar-refractivity contribution in [2.75, 3.05) is 5.32 Å². The lowest BCUT2D eigenvalue weighted by Crippen LogP contribution is -2.03. The lowest BCUT2D eigenvalue weighted by atomic mass is 10.4. The lowest BCUT2D eigenvalue weighted by Gasteiger charge is -2.01. The summed E-state index contributed by atoms with van der Waals surface area (Å²) in [5, 5.41) is 12.5. The normalized spacial score (nSPS) is 10.3. The molecule has 2 heterocycles. The highest BCUT2D eigenvalue weighted by atomic mass is 32.1. The topological polar surface area (TPSA) is 88.0 Å². The second kappa shape index (κ2) is 5.09. The smallest absolute Gasteiger partial charge is 0.355 e. The third-order valence-corrected chi connectivity index (χ3v) is 3.18. The van der Waals surface area contributed by atoms with Crippen LogP contribution in [0.4, 0.5) is 5.13 Å². The fourth-order valence-electron chi connectivity index (χ4n) is 1.35. The average Bonchev–Trinajstić information content (AvgIpc) is 2.70. The van der Waals surface area contributed by atoms with Gasteiger partial charge >= 0.3 is 5.97 Å². The number of carbonyl (C=O) groups is 1. The molecule has 2 N–H and O–H groups in total. The molecule has 0 saturated carbocycles. The molecule has 0 aromatic carbocycles. The maximum Gasteiger partial charge on any atom is 0.355 e. The third kappa shape index (κ3) is 2.80. The van der Waals surface area contributed by atoms with Gasteiger partial charge in [-0.05, 0) is 13.8 Å². The first-order chi connectivity index (χ1) is 8.56. The van der Waals surface area contributed by atoms with Gasteiger partial charge < -0.3 is 10.4 Å². The molecular weight excluding hydrogens is 252 g/mol. The Bertz CT molecular complexity index is 565. The van der Waals surface area contributed by atoms with E-state index in [1.54, 1.807) is 19.3 Å². The lowest BCUT2D eigenvalue weighted by molar-refractivity contribution is 0.0690. The van der Waals surface area contributed by atoms with Crippen LogP contribution in [0.25, 0.3) is 0 Å². The zero-order valence-corrected chi connectivity index (χ0v) is 10.8. The summed E-state index contributed by atoms with van der Waals surface area (Å²) in [5.41, 5.74) is 1.74. The average molecular weight is 264 g/mol. The fraction of sp³-hybridized carbons (Fsp3) is 0.273. The highest BCUT2D eigenvalue weighted by molar-refractivity contribution is 7.15.